The number of aromatic nitrogens is 2. The standard InChI is InChI=1S/C24H29N2O2/c1-15(2)21-9-6-18-13-20(8-10-22(18)21)26-14-27-24(25-26)19-7-11-23(17(5)12-19)28-16(3)4/h7-8,10-16,21H,6,9H2,1-5H3/q+1. The zero-order valence-electron chi connectivity index (χ0n) is 17.4. The van der Waals surface area contributed by atoms with Gasteiger partial charge in [0.1, 0.15) is 5.75 Å². The Kier molecular flexibility index (Phi) is 4.96. The highest BCUT2D eigenvalue weighted by atomic mass is 16.5. The van der Waals surface area contributed by atoms with E-state index in [2.05, 4.69) is 43.2 Å². The monoisotopic (exact) mass is 377 g/mol. The number of rotatable bonds is 5. The van der Waals surface area contributed by atoms with Crippen LogP contribution < -0.4 is 9.42 Å². The molecule has 28 heavy (non-hydrogen) atoms. The lowest BCUT2D eigenvalue weighted by Gasteiger charge is -2.15. The molecule has 3 aromatic rings. The molecular weight excluding hydrogens is 348 g/mol. The first-order valence-corrected chi connectivity index (χ1v) is 10.2. The fraction of sp³-hybridized carbons (Fsp3) is 0.417. The zero-order chi connectivity index (χ0) is 19.8. The summed E-state index contributed by atoms with van der Waals surface area (Å²) in [5.74, 6) is 2.87. The number of fused-ring (bicyclic) bond motifs is 1. The molecule has 1 aliphatic carbocycles. The normalized spacial score (nSPS) is 16.0. The molecule has 1 atom stereocenters. The summed E-state index contributed by atoms with van der Waals surface area (Å²) >= 11 is 0. The second-order valence-corrected chi connectivity index (χ2v) is 8.39. The Morgan fingerprint density at radius 3 is 2.64 bits per heavy atom. The Bertz CT molecular complexity index is 988. The van der Waals surface area contributed by atoms with Crippen LogP contribution in [0, 0.1) is 12.8 Å². The van der Waals surface area contributed by atoms with E-state index >= 15 is 0 Å². The second-order valence-electron chi connectivity index (χ2n) is 8.39. The molecule has 0 amide bonds. The molecule has 4 nitrogen and oxygen atoms in total. The van der Waals surface area contributed by atoms with Gasteiger partial charge < -0.3 is 9.15 Å². The van der Waals surface area contributed by atoms with Gasteiger partial charge in [0.15, 0.2) is 0 Å². The predicted octanol–water partition coefficient (Wildman–Crippen LogP) is 5.40. The van der Waals surface area contributed by atoms with Crippen LogP contribution in [0.4, 0.5) is 0 Å². The third-order valence-corrected chi connectivity index (χ3v) is 5.57. The molecule has 0 spiro atoms. The van der Waals surface area contributed by atoms with E-state index in [1.165, 1.54) is 17.5 Å². The molecule has 0 fully saturated rings. The smallest absolute Gasteiger partial charge is 0.368 e. The van der Waals surface area contributed by atoms with Crippen molar-refractivity contribution < 1.29 is 13.8 Å². The summed E-state index contributed by atoms with van der Waals surface area (Å²) in [5, 5.41) is 4.67. The summed E-state index contributed by atoms with van der Waals surface area (Å²) in [6.45, 7) is 10.7. The average Bonchev–Trinajstić information content (AvgIpc) is 3.29. The van der Waals surface area contributed by atoms with Crippen molar-refractivity contribution in [3.8, 4) is 22.9 Å². The number of ether oxygens (including phenoxy) is 1. The summed E-state index contributed by atoms with van der Waals surface area (Å²) in [4.78, 5) is 0. The van der Waals surface area contributed by atoms with E-state index in [-0.39, 0.29) is 6.10 Å². The predicted molar refractivity (Wildman–Crippen MR) is 110 cm³/mol. The maximum Gasteiger partial charge on any atom is 0.368 e. The van der Waals surface area contributed by atoms with Crippen LogP contribution in [0.25, 0.3) is 17.1 Å². The molecule has 1 aromatic heterocycles. The van der Waals surface area contributed by atoms with Crippen molar-refractivity contribution in [2.24, 2.45) is 5.92 Å². The summed E-state index contributed by atoms with van der Waals surface area (Å²) in [6.07, 6.45) is 4.23. The lowest BCUT2D eigenvalue weighted by Crippen LogP contribution is -2.31. The number of hydrogen-bond acceptors (Lipinski definition) is 3. The average molecular weight is 378 g/mol. The minimum absolute atomic E-state index is 0.156. The topological polar surface area (TPSA) is 39.1 Å². The van der Waals surface area contributed by atoms with Gasteiger partial charge in [0, 0.05) is 22.8 Å². The van der Waals surface area contributed by atoms with Gasteiger partial charge in [-0.15, -0.1) is 0 Å². The van der Waals surface area contributed by atoms with Crippen LogP contribution in [-0.2, 0) is 6.42 Å². The molecular formula is C24H29N2O2+. The van der Waals surface area contributed by atoms with Crippen LogP contribution in [0.15, 0.2) is 47.2 Å². The minimum atomic E-state index is 0.156. The van der Waals surface area contributed by atoms with Crippen LogP contribution in [0.1, 0.15) is 56.7 Å². The Balaban J connectivity index is 1.59. The highest BCUT2D eigenvalue weighted by Crippen LogP contribution is 2.38. The van der Waals surface area contributed by atoms with Crippen LogP contribution in [0.2, 0.25) is 0 Å². The molecule has 2 aromatic carbocycles. The zero-order valence-corrected chi connectivity index (χ0v) is 17.4. The van der Waals surface area contributed by atoms with Gasteiger partial charge in [-0.05, 0) is 85.0 Å². The van der Waals surface area contributed by atoms with Crippen molar-refractivity contribution in [2.75, 3.05) is 0 Å². The van der Waals surface area contributed by atoms with E-state index in [4.69, 9.17) is 9.15 Å². The fourth-order valence-corrected chi connectivity index (χ4v) is 4.13. The van der Waals surface area contributed by atoms with Crippen molar-refractivity contribution in [3.05, 3.63) is 59.5 Å². The highest BCUT2D eigenvalue weighted by Gasteiger charge is 2.27. The van der Waals surface area contributed by atoms with Gasteiger partial charge in [0.2, 0.25) is 5.69 Å². The molecule has 4 rings (SSSR count). The molecule has 146 valence electrons. The number of aryl methyl sites for hydroxylation is 2. The van der Waals surface area contributed by atoms with Gasteiger partial charge in [-0.25, -0.2) is 0 Å². The Labute approximate surface area is 167 Å². The van der Waals surface area contributed by atoms with E-state index in [1.54, 1.807) is 6.39 Å². The van der Waals surface area contributed by atoms with E-state index in [9.17, 15) is 0 Å². The molecule has 0 aliphatic heterocycles. The summed E-state index contributed by atoms with van der Waals surface area (Å²) in [6, 6.07) is 12.7. The van der Waals surface area contributed by atoms with Gasteiger partial charge in [-0.1, -0.05) is 19.9 Å². The van der Waals surface area contributed by atoms with Gasteiger partial charge in [-0.2, -0.15) is 0 Å². The molecule has 4 heteroatoms. The summed E-state index contributed by atoms with van der Waals surface area (Å²) in [7, 11) is 0. The Morgan fingerprint density at radius 1 is 1.11 bits per heavy atom. The highest BCUT2D eigenvalue weighted by molar-refractivity contribution is 5.56. The van der Waals surface area contributed by atoms with Gasteiger partial charge in [0.05, 0.1) is 6.10 Å². The SMILES string of the molecule is Cc1cc(-c2n[n+](-c3ccc4c(c3)CCC4C(C)C)co2)ccc1OC(C)C. The maximum absolute atomic E-state index is 5.82. The molecule has 0 bridgehead atoms. The van der Waals surface area contributed by atoms with Crippen LogP contribution >= 0.6 is 0 Å². The Hall–Kier alpha value is -2.62. The largest absolute Gasteiger partial charge is 0.491 e. The van der Waals surface area contributed by atoms with Crippen LogP contribution in [0.5, 0.6) is 5.75 Å². The van der Waals surface area contributed by atoms with Crippen molar-refractivity contribution in [3.63, 3.8) is 0 Å². The lowest BCUT2D eigenvalue weighted by atomic mass is 9.90. The van der Waals surface area contributed by atoms with Crippen molar-refractivity contribution in [2.45, 2.75) is 59.5 Å². The first kappa shape index (κ1) is 18.7. The quantitative estimate of drug-likeness (QED) is 0.559. The van der Waals surface area contributed by atoms with Gasteiger partial charge >= 0.3 is 6.39 Å². The van der Waals surface area contributed by atoms with Crippen LogP contribution in [0.3, 0.4) is 0 Å². The molecule has 1 heterocycles. The number of hydrogen-bond donors (Lipinski definition) is 0. The van der Waals surface area contributed by atoms with Crippen molar-refractivity contribution in [1.29, 1.82) is 0 Å². The van der Waals surface area contributed by atoms with Crippen molar-refractivity contribution in [1.82, 2.24) is 5.10 Å². The molecule has 0 radical (unpaired) electrons. The van der Waals surface area contributed by atoms with E-state index < -0.39 is 0 Å². The first-order chi connectivity index (χ1) is 13.4. The van der Waals surface area contributed by atoms with E-state index in [1.807, 2.05) is 37.6 Å². The summed E-state index contributed by atoms with van der Waals surface area (Å²) in [5.41, 5.74) is 6.02. The van der Waals surface area contributed by atoms with Gasteiger partial charge in [-0.3, -0.25) is 0 Å². The number of nitrogens with zero attached hydrogens (tertiary/aromatic N) is 2. The second kappa shape index (κ2) is 7.42. The molecule has 0 N–H and O–H groups in total. The fourth-order valence-electron chi connectivity index (χ4n) is 4.13. The molecule has 0 saturated heterocycles. The third-order valence-electron chi connectivity index (χ3n) is 5.57. The van der Waals surface area contributed by atoms with Crippen molar-refractivity contribution >= 4 is 0 Å². The minimum Gasteiger partial charge on any atom is -0.491 e. The lowest BCUT2D eigenvalue weighted by molar-refractivity contribution is -0.659. The molecule has 1 aliphatic rings. The number of benzene rings is 2. The molecule has 1 unspecified atom stereocenters. The third kappa shape index (κ3) is 3.56. The Morgan fingerprint density at radius 2 is 1.93 bits per heavy atom. The van der Waals surface area contributed by atoms with E-state index in [0.29, 0.717) is 17.7 Å². The molecule has 0 saturated carbocycles. The maximum atomic E-state index is 5.82. The summed E-state index contributed by atoms with van der Waals surface area (Å²) < 4.78 is 13.4. The van der Waals surface area contributed by atoms with Crippen LogP contribution in [-0.4, -0.2) is 11.2 Å². The van der Waals surface area contributed by atoms with Gasteiger partial charge in [0.25, 0.3) is 5.89 Å². The first-order valence-electron chi connectivity index (χ1n) is 10.2. The van der Waals surface area contributed by atoms with E-state index in [0.717, 1.165) is 29.0 Å².